The van der Waals surface area contributed by atoms with Crippen LogP contribution >= 0.6 is 34.8 Å². The molecule has 0 saturated heterocycles. The van der Waals surface area contributed by atoms with Crippen LogP contribution in [-0.4, -0.2) is 50.9 Å². The van der Waals surface area contributed by atoms with E-state index in [2.05, 4.69) is 5.32 Å². The molecule has 0 unspecified atom stereocenters. The van der Waals surface area contributed by atoms with Gasteiger partial charge in [-0.3, -0.25) is 13.9 Å². The summed E-state index contributed by atoms with van der Waals surface area (Å²) >= 11 is 18.7. The van der Waals surface area contributed by atoms with Gasteiger partial charge in [-0.15, -0.1) is 0 Å². The first-order chi connectivity index (χ1) is 18.8. The first kappa shape index (κ1) is 31.5. The molecule has 12 heteroatoms. The third-order valence-electron chi connectivity index (χ3n) is 5.97. The molecule has 0 radical (unpaired) electrons. The van der Waals surface area contributed by atoms with Gasteiger partial charge in [0.25, 0.3) is 10.0 Å². The molecule has 3 rings (SSSR count). The van der Waals surface area contributed by atoms with Gasteiger partial charge in [0, 0.05) is 27.7 Å². The number of anilines is 1. The van der Waals surface area contributed by atoms with Crippen molar-refractivity contribution in [3.8, 4) is 5.75 Å². The number of rotatable bonds is 11. The average Bonchev–Trinajstić information content (AvgIpc) is 2.90. The Labute approximate surface area is 249 Å². The maximum Gasteiger partial charge on any atom is 0.264 e. The van der Waals surface area contributed by atoms with Gasteiger partial charge >= 0.3 is 0 Å². The number of hydrogen-bond acceptors (Lipinski definition) is 5. The molecular formula is C28H30Cl3N3O5S. The lowest BCUT2D eigenvalue weighted by molar-refractivity contribution is -0.139. The summed E-state index contributed by atoms with van der Waals surface area (Å²) in [6.45, 7) is 4.43. The van der Waals surface area contributed by atoms with Crippen LogP contribution in [0.3, 0.4) is 0 Å². The van der Waals surface area contributed by atoms with Crippen LogP contribution in [-0.2, 0) is 26.2 Å². The summed E-state index contributed by atoms with van der Waals surface area (Å²) in [5.41, 5.74) is 0.595. The molecule has 8 nitrogen and oxygen atoms in total. The Hall–Kier alpha value is -2.98. The normalized spacial score (nSPS) is 12.1. The maximum atomic E-state index is 14.0. The molecule has 3 aromatic rings. The minimum Gasteiger partial charge on any atom is -0.495 e. The van der Waals surface area contributed by atoms with Crippen LogP contribution in [0.15, 0.2) is 71.6 Å². The van der Waals surface area contributed by atoms with E-state index in [1.165, 1.54) is 42.3 Å². The highest BCUT2D eigenvalue weighted by atomic mass is 35.5. The standard InChI is InChI=1S/C28H30Cl3N3O5S/c1-18(2)32-28(36)19(3)33(16-20-10-11-21(29)14-24(20)31)27(35)17-34(25-15-22(30)12-13-26(25)39-4)40(37,38)23-8-6-5-7-9-23/h5-15,18-19H,16-17H2,1-4H3,(H,32,36)/t19-/m1/s1. The van der Waals surface area contributed by atoms with Crippen molar-refractivity contribution in [2.75, 3.05) is 18.0 Å². The fourth-order valence-electron chi connectivity index (χ4n) is 3.91. The Morgan fingerprint density at radius 2 is 1.55 bits per heavy atom. The summed E-state index contributed by atoms with van der Waals surface area (Å²) in [6.07, 6.45) is 0. The Bertz CT molecular complexity index is 1470. The van der Waals surface area contributed by atoms with Gasteiger partial charge in [-0.2, -0.15) is 0 Å². The monoisotopic (exact) mass is 625 g/mol. The summed E-state index contributed by atoms with van der Waals surface area (Å²) in [4.78, 5) is 28.3. The molecule has 0 spiro atoms. The van der Waals surface area contributed by atoms with Gasteiger partial charge in [-0.1, -0.05) is 59.1 Å². The second-order valence-electron chi connectivity index (χ2n) is 9.24. The van der Waals surface area contributed by atoms with E-state index in [0.29, 0.717) is 15.6 Å². The fourth-order valence-corrected chi connectivity index (χ4v) is 5.98. The van der Waals surface area contributed by atoms with Gasteiger partial charge in [0.1, 0.15) is 18.3 Å². The van der Waals surface area contributed by atoms with Gasteiger partial charge < -0.3 is 15.0 Å². The molecule has 0 aliphatic carbocycles. The third kappa shape index (κ3) is 7.60. The van der Waals surface area contributed by atoms with Crippen molar-refractivity contribution >= 4 is 62.3 Å². The number of carbonyl (C=O) groups excluding carboxylic acids is 2. The zero-order valence-corrected chi connectivity index (χ0v) is 25.5. The van der Waals surface area contributed by atoms with Crippen molar-refractivity contribution in [1.82, 2.24) is 10.2 Å². The van der Waals surface area contributed by atoms with E-state index >= 15 is 0 Å². The molecule has 3 aromatic carbocycles. The first-order valence-electron chi connectivity index (χ1n) is 12.3. The van der Waals surface area contributed by atoms with Gasteiger partial charge in [0.15, 0.2) is 0 Å². The molecular weight excluding hydrogens is 597 g/mol. The molecule has 0 aliphatic rings. The number of nitrogens with one attached hydrogen (secondary N) is 1. The second kappa shape index (κ2) is 13.6. The molecule has 0 aliphatic heterocycles. The van der Waals surface area contributed by atoms with E-state index in [1.54, 1.807) is 57.2 Å². The number of amides is 2. The quantitative estimate of drug-likeness (QED) is 0.291. The second-order valence-corrected chi connectivity index (χ2v) is 12.4. The molecule has 0 fully saturated rings. The van der Waals surface area contributed by atoms with Gasteiger partial charge in [-0.25, -0.2) is 8.42 Å². The van der Waals surface area contributed by atoms with E-state index in [1.807, 2.05) is 0 Å². The van der Waals surface area contributed by atoms with E-state index in [0.717, 1.165) is 4.31 Å². The predicted octanol–water partition coefficient (Wildman–Crippen LogP) is 5.79. The summed E-state index contributed by atoms with van der Waals surface area (Å²) in [7, 11) is -2.90. The highest BCUT2D eigenvalue weighted by Crippen LogP contribution is 2.35. The molecule has 0 bridgehead atoms. The van der Waals surface area contributed by atoms with Crippen LogP contribution in [0.5, 0.6) is 5.75 Å². The molecule has 0 aromatic heterocycles. The van der Waals surface area contributed by atoms with E-state index in [9.17, 15) is 18.0 Å². The van der Waals surface area contributed by atoms with Crippen molar-refractivity contribution < 1.29 is 22.7 Å². The van der Waals surface area contributed by atoms with Crippen molar-refractivity contribution in [3.63, 3.8) is 0 Å². The fraction of sp³-hybridized carbons (Fsp3) is 0.286. The zero-order valence-electron chi connectivity index (χ0n) is 22.4. The summed E-state index contributed by atoms with van der Waals surface area (Å²) in [5, 5.41) is 3.75. The van der Waals surface area contributed by atoms with Gasteiger partial charge in [0.2, 0.25) is 11.8 Å². The molecule has 0 heterocycles. The Kier molecular flexibility index (Phi) is 10.7. The summed E-state index contributed by atoms with van der Waals surface area (Å²) in [6, 6.07) is 15.8. The number of methoxy groups -OCH3 is 1. The topological polar surface area (TPSA) is 96.0 Å². The van der Waals surface area contributed by atoms with Crippen LogP contribution in [0, 0.1) is 0 Å². The van der Waals surface area contributed by atoms with Crippen LogP contribution in [0.1, 0.15) is 26.3 Å². The molecule has 1 N–H and O–H groups in total. The number of benzene rings is 3. The highest BCUT2D eigenvalue weighted by Gasteiger charge is 2.34. The van der Waals surface area contributed by atoms with Crippen molar-refractivity contribution in [2.45, 2.75) is 44.3 Å². The lowest BCUT2D eigenvalue weighted by Gasteiger charge is -2.33. The van der Waals surface area contributed by atoms with Crippen LogP contribution in [0.25, 0.3) is 0 Å². The number of nitrogens with zero attached hydrogens (tertiary/aromatic N) is 2. The van der Waals surface area contributed by atoms with Crippen LogP contribution < -0.4 is 14.4 Å². The highest BCUT2D eigenvalue weighted by molar-refractivity contribution is 7.92. The predicted molar refractivity (Wildman–Crippen MR) is 159 cm³/mol. The lowest BCUT2D eigenvalue weighted by atomic mass is 10.1. The molecule has 2 amide bonds. The minimum atomic E-state index is -4.28. The van der Waals surface area contributed by atoms with Gasteiger partial charge in [0.05, 0.1) is 17.7 Å². The van der Waals surface area contributed by atoms with E-state index in [4.69, 9.17) is 39.5 Å². The number of halogens is 3. The van der Waals surface area contributed by atoms with Crippen LogP contribution in [0.4, 0.5) is 5.69 Å². The molecule has 214 valence electrons. The largest absolute Gasteiger partial charge is 0.495 e. The van der Waals surface area contributed by atoms with Crippen molar-refractivity contribution in [3.05, 3.63) is 87.4 Å². The molecule has 1 atom stereocenters. The Morgan fingerprint density at radius 3 is 2.15 bits per heavy atom. The maximum absolute atomic E-state index is 14.0. The summed E-state index contributed by atoms with van der Waals surface area (Å²) < 4.78 is 34.2. The zero-order chi connectivity index (χ0) is 29.6. The van der Waals surface area contributed by atoms with Crippen LogP contribution in [0.2, 0.25) is 15.1 Å². The smallest absolute Gasteiger partial charge is 0.264 e. The number of carbonyl (C=O) groups is 2. The van der Waals surface area contributed by atoms with Gasteiger partial charge in [-0.05, 0) is 68.8 Å². The lowest BCUT2D eigenvalue weighted by Crippen LogP contribution is -2.52. The number of ether oxygens (including phenoxy) is 1. The number of hydrogen-bond donors (Lipinski definition) is 1. The van der Waals surface area contributed by atoms with E-state index < -0.39 is 34.4 Å². The Morgan fingerprint density at radius 1 is 0.925 bits per heavy atom. The molecule has 0 saturated carbocycles. The average molecular weight is 627 g/mol. The van der Waals surface area contributed by atoms with E-state index in [-0.39, 0.29) is 33.9 Å². The first-order valence-corrected chi connectivity index (χ1v) is 14.9. The SMILES string of the molecule is COc1ccc(Cl)cc1N(CC(=O)N(Cc1ccc(Cl)cc1Cl)[C@H](C)C(=O)NC(C)C)S(=O)(=O)c1ccccc1. The Balaban J connectivity index is 2.11. The minimum absolute atomic E-state index is 0.0391. The summed E-state index contributed by atoms with van der Waals surface area (Å²) in [5.74, 6) is -0.875. The van der Waals surface area contributed by atoms with Crippen molar-refractivity contribution in [2.24, 2.45) is 0 Å². The third-order valence-corrected chi connectivity index (χ3v) is 8.57. The molecule has 40 heavy (non-hydrogen) atoms. The van der Waals surface area contributed by atoms with Crippen molar-refractivity contribution in [1.29, 1.82) is 0 Å². The number of sulfonamides is 1.